The number of urea groups is 1. The van der Waals surface area contributed by atoms with Gasteiger partial charge in [0.1, 0.15) is 0 Å². The summed E-state index contributed by atoms with van der Waals surface area (Å²) in [5.41, 5.74) is 0.119. The second-order valence-electron chi connectivity index (χ2n) is 6.58. The minimum absolute atomic E-state index is 0.0368. The highest BCUT2D eigenvalue weighted by Gasteiger charge is 2.43. The molecular formula is C16H17F2N3O3S. The third-order valence-corrected chi connectivity index (χ3v) is 4.01. The molecule has 1 aromatic carbocycles. The number of fused-ring (bicyclic) bond motifs is 1. The van der Waals surface area contributed by atoms with Crippen LogP contribution >= 0.6 is 11.3 Å². The van der Waals surface area contributed by atoms with Crippen LogP contribution in [0.1, 0.15) is 25.6 Å². The molecule has 1 aromatic heterocycles. The summed E-state index contributed by atoms with van der Waals surface area (Å²) in [6.45, 7) is 7.42. The van der Waals surface area contributed by atoms with Gasteiger partial charge in [0.15, 0.2) is 16.3 Å². The van der Waals surface area contributed by atoms with Gasteiger partial charge in [0, 0.05) is 22.7 Å². The molecule has 1 aliphatic rings. The molecule has 3 rings (SSSR count). The molecule has 1 aliphatic heterocycles. The van der Waals surface area contributed by atoms with Crippen molar-refractivity contribution in [2.45, 2.75) is 39.5 Å². The van der Waals surface area contributed by atoms with E-state index in [0.29, 0.717) is 10.5 Å². The summed E-state index contributed by atoms with van der Waals surface area (Å²) in [5.74, 6) is -0.103. The number of aryl methyl sites for hydroxylation is 1. The van der Waals surface area contributed by atoms with Gasteiger partial charge in [-0.25, -0.2) is 4.79 Å². The van der Waals surface area contributed by atoms with Crippen molar-refractivity contribution < 1.29 is 23.0 Å². The summed E-state index contributed by atoms with van der Waals surface area (Å²) in [5, 5.41) is 2.75. The minimum atomic E-state index is -3.67. The molecule has 0 spiro atoms. The first-order valence-electron chi connectivity index (χ1n) is 7.49. The van der Waals surface area contributed by atoms with E-state index in [1.807, 2.05) is 27.7 Å². The molecule has 2 amide bonds. The van der Waals surface area contributed by atoms with Crippen LogP contribution in [0.2, 0.25) is 0 Å². The molecular weight excluding hydrogens is 352 g/mol. The predicted molar refractivity (Wildman–Crippen MR) is 88.4 cm³/mol. The molecule has 1 N–H and O–H groups in total. The van der Waals surface area contributed by atoms with Gasteiger partial charge < -0.3 is 14.8 Å². The number of aromatic nitrogens is 1. The largest absolute Gasteiger partial charge is 0.586 e. The highest BCUT2D eigenvalue weighted by Crippen LogP contribution is 2.41. The Kier molecular flexibility index (Phi) is 4.06. The van der Waals surface area contributed by atoms with Crippen molar-refractivity contribution in [1.29, 1.82) is 0 Å². The van der Waals surface area contributed by atoms with Crippen molar-refractivity contribution >= 4 is 17.4 Å². The normalized spacial score (nSPS) is 16.2. The zero-order chi connectivity index (χ0) is 18.4. The number of rotatable bonds is 1. The number of halogens is 2. The van der Waals surface area contributed by atoms with Crippen LogP contribution in [0.4, 0.5) is 13.6 Å². The van der Waals surface area contributed by atoms with E-state index in [1.165, 1.54) is 23.5 Å². The SMILES string of the molecule is Cc1cn(-c2ccc3c(c2)OC(F)(F)O3)/c(=N/C(=O)NC(C)(C)C)s1. The molecule has 0 bridgehead atoms. The summed E-state index contributed by atoms with van der Waals surface area (Å²) in [7, 11) is 0. The lowest BCUT2D eigenvalue weighted by Gasteiger charge is -2.18. The van der Waals surface area contributed by atoms with Crippen LogP contribution in [0.5, 0.6) is 11.5 Å². The Hall–Kier alpha value is -2.42. The van der Waals surface area contributed by atoms with Gasteiger partial charge in [-0.15, -0.1) is 20.1 Å². The Bertz CT molecular complexity index is 897. The van der Waals surface area contributed by atoms with Crippen molar-refractivity contribution in [2.75, 3.05) is 0 Å². The van der Waals surface area contributed by atoms with Crippen LogP contribution < -0.4 is 19.6 Å². The Morgan fingerprint density at radius 1 is 1.28 bits per heavy atom. The average Bonchev–Trinajstić information content (AvgIpc) is 2.93. The van der Waals surface area contributed by atoms with E-state index < -0.39 is 17.9 Å². The Labute approximate surface area is 146 Å². The van der Waals surface area contributed by atoms with Crippen LogP contribution in [0.25, 0.3) is 5.69 Å². The van der Waals surface area contributed by atoms with Crippen molar-refractivity contribution in [2.24, 2.45) is 4.99 Å². The molecule has 0 saturated heterocycles. The maximum absolute atomic E-state index is 13.2. The third kappa shape index (κ3) is 3.98. The first-order chi connectivity index (χ1) is 11.5. The number of thiazole rings is 1. The zero-order valence-corrected chi connectivity index (χ0v) is 14.9. The topological polar surface area (TPSA) is 64.8 Å². The number of hydrogen-bond donors (Lipinski definition) is 1. The quantitative estimate of drug-likeness (QED) is 0.836. The van der Waals surface area contributed by atoms with Gasteiger partial charge in [0.05, 0.1) is 5.69 Å². The Morgan fingerprint density at radius 3 is 2.64 bits per heavy atom. The smallest absolute Gasteiger partial charge is 0.395 e. The van der Waals surface area contributed by atoms with E-state index in [9.17, 15) is 13.6 Å². The zero-order valence-electron chi connectivity index (χ0n) is 14.1. The third-order valence-electron chi connectivity index (χ3n) is 3.11. The molecule has 134 valence electrons. The summed E-state index contributed by atoms with van der Waals surface area (Å²) in [6, 6.07) is 3.93. The molecule has 6 nitrogen and oxygen atoms in total. The van der Waals surface area contributed by atoms with Gasteiger partial charge in [-0.05, 0) is 39.8 Å². The van der Waals surface area contributed by atoms with Crippen LogP contribution in [0.3, 0.4) is 0 Å². The van der Waals surface area contributed by atoms with Crippen LogP contribution in [-0.4, -0.2) is 22.4 Å². The number of carbonyl (C=O) groups excluding carboxylic acids is 1. The first-order valence-corrected chi connectivity index (χ1v) is 8.30. The lowest BCUT2D eigenvalue weighted by atomic mass is 10.1. The molecule has 2 heterocycles. The fraction of sp³-hybridized carbons (Fsp3) is 0.375. The van der Waals surface area contributed by atoms with Gasteiger partial charge >= 0.3 is 12.3 Å². The number of ether oxygens (including phenoxy) is 2. The number of carbonyl (C=O) groups is 1. The second-order valence-corrected chi connectivity index (χ2v) is 7.80. The van der Waals surface area contributed by atoms with Gasteiger partial charge in [-0.1, -0.05) is 0 Å². The fourth-order valence-electron chi connectivity index (χ4n) is 2.24. The highest BCUT2D eigenvalue weighted by molar-refractivity contribution is 7.09. The Morgan fingerprint density at radius 2 is 1.96 bits per heavy atom. The lowest BCUT2D eigenvalue weighted by molar-refractivity contribution is -0.286. The number of hydrogen-bond acceptors (Lipinski definition) is 4. The highest BCUT2D eigenvalue weighted by atomic mass is 32.1. The fourth-order valence-corrected chi connectivity index (χ4v) is 3.07. The van der Waals surface area contributed by atoms with Gasteiger partial charge in [-0.3, -0.25) is 4.57 Å². The second kappa shape index (κ2) is 5.83. The van der Waals surface area contributed by atoms with E-state index in [1.54, 1.807) is 16.8 Å². The monoisotopic (exact) mass is 369 g/mol. The molecule has 0 saturated carbocycles. The van der Waals surface area contributed by atoms with Crippen LogP contribution in [0.15, 0.2) is 29.4 Å². The van der Waals surface area contributed by atoms with Crippen molar-refractivity contribution in [3.8, 4) is 17.2 Å². The molecule has 2 aromatic rings. The maximum atomic E-state index is 13.2. The number of alkyl halides is 2. The van der Waals surface area contributed by atoms with Crippen molar-refractivity contribution in [1.82, 2.24) is 9.88 Å². The standard InChI is InChI=1S/C16H17F2N3O3S/c1-9-8-21(14(25-9)19-13(22)20-15(2,3)4)10-5-6-11-12(7-10)24-16(17,18)23-11/h5-8H,1-4H3,(H,20,22)/b19-14-. The van der Waals surface area contributed by atoms with E-state index in [0.717, 1.165) is 4.88 Å². The summed E-state index contributed by atoms with van der Waals surface area (Å²) >= 11 is 1.31. The van der Waals surface area contributed by atoms with Crippen LogP contribution in [-0.2, 0) is 0 Å². The number of amides is 2. The minimum Gasteiger partial charge on any atom is -0.395 e. The predicted octanol–water partition coefficient (Wildman–Crippen LogP) is 3.58. The van der Waals surface area contributed by atoms with E-state index in [4.69, 9.17) is 0 Å². The van der Waals surface area contributed by atoms with E-state index in [2.05, 4.69) is 19.8 Å². The summed E-state index contributed by atoms with van der Waals surface area (Å²) in [6.07, 6.45) is -1.90. The van der Waals surface area contributed by atoms with Crippen molar-refractivity contribution in [3.63, 3.8) is 0 Å². The van der Waals surface area contributed by atoms with E-state index >= 15 is 0 Å². The lowest BCUT2D eigenvalue weighted by Crippen LogP contribution is -2.39. The maximum Gasteiger partial charge on any atom is 0.586 e. The first kappa shape index (κ1) is 17.4. The summed E-state index contributed by atoms with van der Waals surface area (Å²) < 4.78 is 36.8. The molecule has 0 unspecified atom stereocenters. The number of nitrogens with one attached hydrogen (secondary N) is 1. The molecule has 0 aliphatic carbocycles. The van der Waals surface area contributed by atoms with Gasteiger partial charge in [-0.2, -0.15) is 4.99 Å². The molecule has 0 atom stereocenters. The number of benzene rings is 1. The van der Waals surface area contributed by atoms with Gasteiger partial charge in [0.25, 0.3) is 0 Å². The average molecular weight is 369 g/mol. The Balaban J connectivity index is 1.99. The number of nitrogens with zero attached hydrogens (tertiary/aromatic N) is 2. The molecule has 25 heavy (non-hydrogen) atoms. The van der Waals surface area contributed by atoms with E-state index in [-0.39, 0.29) is 11.5 Å². The molecule has 0 radical (unpaired) electrons. The summed E-state index contributed by atoms with van der Waals surface area (Å²) in [4.78, 5) is 17.5. The molecule has 0 fully saturated rings. The van der Waals surface area contributed by atoms with Gasteiger partial charge in [0.2, 0.25) is 0 Å². The molecule has 9 heteroatoms. The van der Waals surface area contributed by atoms with Crippen molar-refractivity contribution in [3.05, 3.63) is 34.1 Å². The van der Waals surface area contributed by atoms with Crippen LogP contribution in [0, 0.1) is 6.92 Å².